The van der Waals surface area contributed by atoms with E-state index in [1.165, 1.54) is 11.1 Å². The zero-order chi connectivity index (χ0) is 13.8. The fourth-order valence-corrected chi connectivity index (χ4v) is 2.56. The number of rotatable bonds is 4. The molecule has 0 N–H and O–H groups in total. The van der Waals surface area contributed by atoms with E-state index < -0.39 is 0 Å². The molecule has 0 radical (unpaired) electrons. The van der Waals surface area contributed by atoms with Gasteiger partial charge >= 0.3 is 0 Å². The van der Waals surface area contributed by atoms with E-state index in [4.69, 9.17) is 11.6 Å². The van der Waals surface area contributed by atoms with E-state index in [2.05, 4.69) is 33.2 Å². The maximum Gasteiger partial charge on any atom is 0.137 e. The first-order valence-electron chi connectivity index (χ1n) is 6.81. The third kappa shape index (κ3) is 3.26. The van der Waals surface area contributed by atoms with Crippen LogP contribution in [0.4, 0.5) is 0 Å². The van der Waals surface area contributed by atoms with E-state index in [0.29, 0.717) is 0 Å². The minimum atomic E-state index is 0.791. The lowest BCUT2D eigenvalue weighted by atomic mass is 10.00. The van der Waals surface area contributed by atoms with Crippen LogP contribution in [-0.4, -0.2) is 39.3 Å². The number of hydrogen-bond donors (Lipinski definition) is 0. The minimum absolute atomic E-state index is 0.791. The normalized spacial score (nSPS) is 16.1. The predicted molar refractivity (Wildman–Crippen MR) is 80.5 cm³/mol. The van der Waals surface area contributed by atoms with E-state index in [9.17, 15) is 0 Å². The summed E-state index contributed by atoms with van der Waals surface area (Å²) in [5.74, 6) is 0. The van der Waals surface area contributed by atoms with Crippen LogP contribution in [0.2, 0.25) is 5.02 Å². The summed E-state index contributed by atoms with van der Waals surface area (Å²) in [6.07, 6.45) is 6.74. The quantitative estimate of drug-likeness (QED) is 0.867. The predicted octanol–water partition coefficient (Wildman–Crippen LogP) is 2.72. The molecule has 0 fully saturated rings. The molecule has 104 valence electrons. The second-order valence-electron chi connectivity index (χ2n) is 4.95. The SMILES string of the molecule is Clc1ccc(C2=CCN(CCn3cncn3)CC2)cc1. The summed E-state index contributed by atoms with van der Waals surface area (Å²) in [4.78, 5) is 6.39. The third-order valence-corrected chi connectivity index (χ3v) is 3.87. The van der Waals surface area contributed by atoms with Crippen LogP contribution < -0.4 is 0 Å². The van der Waals surface area contributed by atoms with Gasteiger partial charge in [0.15, 0.2) is 0 Å². The Kier molecular flexibility index (Phi) is 4.14. The minimum Gasteiger partial charge on any atom is -0.297 e. The van der Waals surface area contributed by atoms with Crippen molar-refractivity contribution in [2.45, 2.75) is 13.0 Å². The maximum absolute atomic E-state index is 5.92. The molecule has 4 nitrogen and oxygen atoms in total. The lowest BCUT2D eigenvalue weighted by molar-refractivity contribution is 0.283. The molecular weight excluding hydrogens is 272 g/mol. The van der Waals surface area contributed by atoms with Crippen LogP contribution in [0.15, 0.2) is 43.0 Å². The van der Waals surface area contributed by atoms with Crippen LogP contribution in [0.1, 0.15) is 12.0 Å². The molecule has 0 saturated carbocycles. The molecule has 0 aliphatic carbocycles. The van der Waals surface area contributed by atoms with Crippen LogP contribution in [0.3, 0.4) is 0 Å². The average Bonchev–Trinajstić information content (AvgIpc) is 3.00. The Hall–Kier alpha value is -1.65. The molecule has 20 heavy (non-hydrogen) atoms. The number of aromatic nitrogens is 3. The highest BCUT2D eigenvalue weighted by Crippen LogP contribution is 2.23. The Morgan fingerprint density at radius 3 is 2.65 bits per heavy atom. The van der Waals surface area contributed by atoms with Crippen molar-refractivity contribution in [3.63, 3.8) is 0 Å². The number of nitrogens with zero attached hydrogens (tertiary/aromatic N) is 4. The van der Waals surface area contributed by atoms with E-state index in [1.807, 2.05) is 16.8 Å². The fourth-order valence-electron chi connectivity index (χ4n) is 2.43. The molecule has 1 aromatic carbocycles. The van der Waals surface area contributed by atoms with Gasteiger partial charge in [0, 0.05) is 24.7 Å². The van der Waals surface area contributed by atoms with Gasteiger partial charge in [0.05, 0.1) is 6.54 Å². The number of benzene rings is 1. The van der Waals surface area contributed by atoms with Gasteiger partial charge in [-0.15, -0.1) is 0 Å². The molecule has 1 aliphatic rings. The molecule has 1 aliphatic heterocycles. The first-order valence-corrected chi connectivity index (χ1v) is 7.19. The van der Waals surface area contributed by atoms with Gasteiger partial charge in [-0.25, -0.2) is 4.98 Å². The van der Waals surface area contributed by atoms with Gasteiger partial charge in [-0.2, -0.15) is 5.10 Å². The fraction of sp³-hybridized carbons (Fsp3) is 0.333. The van der Waals surface area contributed by atoms with E-state index >= 15 is 0 Å². The van der Waals surface area contributed by atoms with E-state index in [0.717, 1.165) is 37.6 Å². The highest BCUT2D eigenvalue weighted by molar-refractivity contribution is 6.30. The smallest absolute Gasteiger partial charge is 0.137 e. The molecule has 0 bridgehead atoms. The van der Waals surface area contributed by atoms with Crippen LogP contribution >= 0.6 is 11.6 Å². The zero-order valence-electron chi connectivity index (χ0n) is 11.2. The Morgan fingerprint density at radius 2 is 2.00 bits per heavy atom. The molecule has 1 aromatic heterocycles. The summed E-state index contributed by atoms with van der Waals surface area (Å²) in [5.41, 5.74) is 2.70. The first-order chi connectivity index (χ1) is 9.81. The van der Waals surface area contributed by atoms with Crippen molar-refractivity contribution in [1.29, 1.82) is 0 Å². The van der Waals surface area contributed by atoms with Crippen LogP contribution in [0.25, 0.3) is 5.57 Å². The Bertz CT molecular complexity index is 574. The topological polar surface area (TPSA) is 34.0 Å². The van der Waals surface area contributed by atoms with Crippen molar-refractivity contribution in [3.8, 4) is 0 Å². The molecule has 3 rings (SSSR count). The van der Waals surface area contributed by atoms with Crippen molar-refractivity contribution in [2.75, 3.05) is 19.6 Å². The van der Waals surface area contributed by atoms with Crippen molar-refractivity contribution < 1.29 is 0 Å². The van der Waals surface area contributed by atoms with Gasteiger partial charge in [0.1, 0.15) is 12.7 Å². The summed E-state index contributed by atoms with van der Waals surface area (Å²) in [6, 6.07) is 8.10. The summed E-state index contributed by atoms with van der Waals surface area (Å²) >= 11 is 5.92. The molecule has 0 amide bonds. The lowest BCUT2D eigenvalue weighted by Gasteiger charge is -2.26. The van der Waals surface area contributed by atoms with Gasteiger partial charge in [-0.3, -0.25) is 9.58 Å². The van der Waals surface area contributed by atoms with Crippen molar-refractivity contribution >= 4 is 17.2 Å². The highest BCUT2D eigenvalue weighted by Gasteiger charge is 2.12. The maximum atomic E-state index is 5.92. The standard InChI is InChI=1S/C15H17ClN4/c16-15-3-1-13(2-4-15)14-5-7-19(8-6-14)9-10-20-12-17-11-18-20/h1-5,11-12H,6-10H2. The summed E-state index contributed by atoms with van der Waals surface area (Å²) in [5, 5.41) is 4.91. The molecule has 2 heterocycles. The second kappa shape index (κ2) is 6.20. The molecule has 0 atom stereocenters. The highest BCUT2D eigenvalue weighted by atomic mass is 35.5. The Balaban J connectivity index is 1.56. The van der Waals surface area contributed by atoms with Crippen molar-refractivity contribution in [1.82, 2.24) is 19.7 Å². The molecular formula is C15H17ClN4. The number of halogens is 1. The van der Waals surface area contributed by atoms with Crippen molar-refractivity contribution in [3.05, 3.63) is 53.6 Å². The van der Waals surface area contributed by atoms with E-state index in [1.54, 1.807) is 12.7 Å². The van der Waals surface area contributed by atoms with Crippen LogP contribution in [-0.2, 0) is 6.54 Å². The molecule has 0 spiro atoms. The molecule has 0 unspecified atom stereocenters. The molecule has 2 aromatic rings. The van der Waals surface area contributed by atoms with Crippen LogP contribution in [0.5, 0.6) is 0 Å². The van der Waals surface area contributed by atoms with Gasteiger partial charge < -0.3 is 0 Å². The van der Waals surface area contributed by atoms with Gasteiger partial charge in [-0.1, -0.05) is 29.8 Å². The number of hydrogen-bond acceptors (Lipinski definition) is 3. The molecule has 5 heteroatoms. The zero-order valence-corrected chi connectivity index (χ0v) is 12.0. The third-order valence-electron chi connectivity index (χ3n) is 3.62. The summed E-state index contributed by atoms with van der Waals surface area (Å²) < 4.78 is 1.87. The van der Waals surface area contributed by atoms with Crippen LogP contribution in [0, 0.1) is 0 Å². The van der Waals surface area contributed by atoms with Crippen molar-refractivity contribution in [2.24, 2.45) is 0 Å². The summed E-state index contributed by atoms with van der Waals surface area (Å²) in [6.45, 7) is 3.98. The first kappa shape index (κ1) is 13.3. The second-order valence-corrected chi connectivity index (χ2v) is 5.38. The lowest BCUT2D eigenvalue weighted by Crippen LogP contribution is -2.31. The van der Waals surface area contributed by atoms with Gasteiger partial charge in [0.25, 0.3) is 0 Å². The Morgan fingerprint density at radius 1 is 1.15 bits per heavy atom. The average molecular weight is 289 g/mol. The Labute approximate surface area is 123 Å². The largest absolute Gasteiger partial charge is 0.297 e. The monoisotopic (exact) mass is 288 g/mol. The van der Waals surface area contributed by atoms with Gasteiger partial charge in [-0.05, 0) is 29.7 Å². The van der Waals surface area contributed by atoms with E-state index in [-0.39, 0.29) is 0 Å². The summed E-state index contributed by atoms with van der Waals surface area (Å²) in [7, 11) is 0. The van der Waals surface area contributed by atoms with Gasteiger partial charge in [0.2, 0.25) is 0 Å². The molecule has 0 saturated heterocycles.